The highest BCUT2D eigenvalue weighted by atomic mass is 32.2. The quantitative estimate of drug-likeness (QED) is 0.436. The Morgan fingerprint density at radius 2 is 1.38 bits per heavy atom. The first kappa shape index (κ1) is 20.5. The zero-order valence-electron chi connectivity index (χ0n) is 16.5. The molecule has 0 aliphatic rings. The second-order valence-corrected chi connectivity index (χ2v) is 6.77. The number of ether oxygens (including phenoxy) is 3. The van der Waals surface area contributed by atoms with Crippen molar-refractivity contribution in [3.05, 3.63) is 64.5 Å². The fourth-order valence-corrected chi connectivity index (χ4v) is 3.75. The Bertz CT molecular complexity index is 1070. The predicted molar refractivity (Wildman–Crippen MR) is 112 cm³/mol. The minimum atomic E-state index is -0.746. The van der Waals surface area contributed by atoms with Crippen molar-refractivity contribution < 1.29 is 23.4 Å². The minimum absolute atomic E-state index is 0.122. The standard InChI is InChI=1S/C22H20O6S/c1-25-15-9-5-13(6-10-15)17-19(14-7-11-16(26-2)12-8-14)28-22(24)18(20(17)29-4)21(23)27-3/h5-12H,1-4H3. The second kappa shape index (κ2) is 8.87. The van der Waals surface area contributed by atoms with Gasteiger partial charge in [0.05, 0.1) is 21.3 Å². The number of hydrogen-bond acceptors (Lipinski definition) is 7. The number of carbonyl (C=O) groups excluding carboxylic acids is 1. The van der Waals surface area contributed by atoms with Crippen LogP contribution in [0.5, 0.6) is 11.5 Å². The second-order valence-electron chi connectivity index (χ2n) is 5.95. The average molecular weight is 412 g/mol. The van der Waals surface area contributed by atoms with Crippen molar-refractivity contribution in [3.8, 4) is 33.9 Å². The third-order valence-corrected chi connectivity index (χ3v) is 5.22. The van der Waals surface area contributed by atoms with E-state index in [9.17, 15) is 9.59 Å². The molecule has 0 N–H and O–H groups in total. The number of thioether (sulfide) groups is 1. The van der Waals surface area contributed by atoms with Crippen molar-refractivity contribution in [2.45, 2.75) is 4.90 Å². The van der Waals surface area contributed by atoms with E-state index in [2.05, 4.69) is 0 Å². The van der Waals surface area contributed by atoms with E-state index >= 15 is 0 Å². The van der Waals surface area contributed by atoms with Gasteiger partial charge in [0.15, 0.2) is 5.56 Å². The fraction of sp³-hybridized carbons (Fsp3) is 0.182. The van der Waals surface area contributed by atoms with E-state index in [0.717, 1.165) is 5.56 Å². The molecule has 0 unspecified atom stereocenters. The van der Waals surface area contributed by atoms with Crippen LogP contribution in [-0.4, -0.2) is 33.6 Å². The molecule has 0 aliphatic carbocycles. The van der Waals surface area contributed by atoms with Gasteiger partial charge < -0.3 is 18.6 Å². The normalized spacial score (nSPS) is 10.5. The van der Waals surface area contributed by atoms with Crippen LogP contribution in [0.1, 0.15) is 10.4 Å². The molecule has 150 valence electrons. The fourth-order valence-electron chi connectivity index (χ4n) is 2.96. The van der Waals surface area contributed by atoms with Crippen LogP contribution in [-0.2, 0) is 4.74 Å². The Kier molecular flexibility index (Phi) is 6.29. The predicted octanol–water partition coefficient (Wildman–Crippen LogP) is 4.50. The molecule has 6 nitrogen and oxygen atoms in total. The lowest BCUT2D eigenvalue weighted by molar-refractivity contribution is 0.0591. The number of benzene rings is 2. The van der Waals surface area contributed by atoms with E-state index in [1.165, 1.54) is 18.9 Å². The van der Waals surface area contributed by atoms with Gasteiger partial charge in [0.25, 0.3) is 0 Å². The molecular weight excluding hydrogens is 392 g/mol. The number of hydrogen-bond donors (Lipinski definition) is 0. The van der Waals surface area contributed by atoms with Crippen molar-refractivity contribution in [3.63, 3.8) is 0 Å². The van der Waals surface area contributed by atoms with Crippen molar-refractivity contribution in [2.24, 2.45) is 0 Å². The molecule has 0 bridgehead atoms. The zero-order valence-corrected chi connectivity index (χ0v) is 17.3. The molecule has 3 rings (SSSR count). The lowest BCUT2D eigenvalue weighted by Gasteiger charge is -2.16. The van der Waals surface area contributed by atoms with Gasteiger partial charge in [0.1, 0.15) is 17.3 Å². The van der Waals surface area contributed by atoms with Crippen molar-refractivity contribution in [1.82, 2.24) is 0 Å². The van der Waals surface area contributed by atoms with Gasteiger partial charge in [-0.15, -0.1) is 11.8 Å². The van der Waals surface area contributed by atoms with Gasteiger partial charge in [0.2, 0.25) is 0 Å². The Hall–Kier alpha value is -3.19. The van der Waals surface area contributed by atoms with Gasteiger partial charge >= 0.3 is 11.6 Å². The first-order chi connectivity index (χ1) is 14.0. The maximum Gasteiger partial charge on any atom is 0.352 e. The lowest BCUT2D eigenvalue weighted by Crippen LogP contribution is -2.18. The van der Waals surface area contributed by atoms with E-state index < -0.39 is 11.6 Å². The first-order valence-electron chi connectivity index (χ1n) is 8.66. The zero-order chi connectivity index (χ0) is 21.0. The minimum Gasteiger partial charge on any atom is -0.497 e. The number of carbonyl (C=O) groups is 1. The molecule has 0 fully saturated rings. The van der Waals surface area contributed by atoms with E-state index in [1.54, 1.807) is 56.9 Å². The van der Waals surface area contributed by atoms with Crippen LogP contribution in [0.15, 0.2) is 62.6 Å². The van der Waals surface area contributed by atoms with Gasteiger partial charge in [-0.1, -0.05) is 12.1 Å². The van der Waals surface area contributed by atoms with Crippen LogP contribution in [0.2, 0.25) is 0 Å². The third-order valence-electron chi connectivity index (χ3n) is 4.40. The number of esters is 1. The summed E-state index contributed by atoms with van der Waals surface area (Å²) in [5.74, 6) is 0.994. The molecule has 0 aliphatic heterocycles. The largest absolute Gasteiger partial charge is 0.497 e. The highest BCUT2D eigenvalue weighted by Crippen LogP contribution is 2.40. The summed E-state index contributed by atoms with van der Waals surface area (Å²) in [6.07, 6.45) is 1.80. The van der Waals surface area contributed by atoms with E-state index in [-0.39, 0.29) is 5.56 Å². The third kappa shape index (κ3) is 4.00. The maximum atomic E-state index is 12.7. The Balaban J connectivity index is 2.35. The molecular formula is C22H20O6S. The Morgan fingerprint density at radius 3 is 1.83 bits per heavy atom. The molecule has 3 aromatic rings. The molecule has 0 atom stereocenters. The van der Waals surface area contributed by atoms with Crippen LogP contribution < -0.4 is 15.1 Å². The van der Waals surface area contributed by atoms with Crippen molar-refractivity contribution >= 4 is 17.7 Å². The van der Waals surface area contributed by atoms with Gasteiger partial charge in [0, 0.05) is 16.0 Å². The van der Waals surface area contributed by atoms with E-state index in [1.807, 2.05) is 12.1 Å². The monoisotopic (exact) mass is 412 g/mol. The Labute approximate surface area is 172 Å². The van der Waals surface area contributed by atoms with Crippen LogP contribution in [0.4, 0.5) is 0 Å². The molecule has 1 aromatic heterocycles. The summed E-state index contributed by atoms with van der Waals surface area (Å²) in [4.78, 5) is 25.5. The number of rotatable bonds is 6. The molecule has 2 aromatic carbocycles. The molecule has 29 heavy (non-hydrogen) atoms. The van der Waals surface area contributed by atoms with Gasteiger partial charge in [-0.05, 0) is 48.2 Å². The summed E-state index contributed by atoms with van der Waals surface area (Å²) in [5.41, 5.74) is 1.22. The molecule has 7 heteroatoms. The van der Waals surface area contributed by atoms with E-state index in [0.29, 0.717) is 33.3 Å². The average Bonchev–Trinajstić information content (AvgIpc) is 2.77. The first-order valence-corrected chi connectivity index (χ1v) is 9.88. The molecule has 0 amide bonds. The van der Waals surface area contributed by atoms with Crippen LogP contribution >= 0.6 is 11.8 Å². The van der Waals surface area contributed by atoms with Crippen LogP contribution in [0.25, 0.3) is 22.5 Å². The molecule has 1 heterocycles. The van der Waals surface area contributed by atoms with Crippen LogP contribution in [0.3, 0.4) is 0 Å². The Morgan fingerprint density at radius 1 is 0.862 bits per heavy atom. The lowest BCUT2D eigenvalue weighted by atomic mass is 9.98. The molecule has 0 spiro atoms. The SMILES string of the molecule is COC(=O)c1c(SC)c(-c2ccc(OC)cc2)c(-c2ccc(OC)cc2)oc1=O. The summed E-state index contributed by atoms with van der Waals surface area (Å²) in [7, 11) is 4.40. The summed E-state index contributed by atoms with van der Waals surface area (Å²) in [6.45, 7) is 0. The van der Waals surface area contributed by atoms with E-state index in [4.69, 9.17) is 18.6 Å². The van der Waals surface area contributed by atoms with Crippen molar-refractivity contribution in [1.29, 1.82) is 0 Å². The van der Waals surface area contributed by atoms with Crippen molar-refractivity contribution in [2.75, 3.05) is 27.6 Å². The highest BCUT2D eigenvalue weighted by Gasteiger charge is 2.26. The summed E-state index contributed by atoms with van der Waals surface area (Å²) >= 11 is 1.28. The van der Waals surface area contributed by atoms with Gasteiger partial charge in [-0.2, -0.15) is 0 Å². The topological polar surface area (TPSA) is 75.0 Å². The molecule has 0 radical (unpaired) electrons. The summed E-state index contributed by atoms with van der Waals surface area (Å²) in [6, 6.07) is 14.5. The van der Waals surface area contributed by atoms with Gasteiger partial charge in [-0.25, -0.2) is 9.59 Å². The van der Waals surface area contributed by atoms with Gasteiger partial charge in [-0.3, -0.25) is 0 Å². The summed E-state index contributed by atoms with van der Waals surface area (Å²) in [5, 5.41) is 0. The summed E-state index contributed by atoms with van der Waals surface area (Å²) < 4.78 is 20.9. The molecule has 0 saturated heterocycles. The molecule has 0 saturated carbocycles. The van der Waals surface area contributed by atoms with Crippen LogP contribution in [0, 0.1) is 0 Å². The number of methoxy groups -OCH3 is 3. The smallest absolute Gasteiger partial charge is 0.352 e. The maximum absolute atomic E-state index is 12.7. The highest BCUT2D eigenvalue weighted by molar-refractivity contribution is 7.98.